The lowest BCUT2D eigenvalue weighted by Crippen LogP contribution is -2.15. The molecule has 1 heterocycles. The van der Waals surface area contributed by atoms with Crippen molar-refractivity contribution >= 4 is 11.0 Å². The standard InChI is InChI=1S/C28H38O5/c1-7-8-9-10-17-31-26-24-15-14-23(30-18-16-22(6)13-11-12-20(2)3)19-25(24)33-28(29)27(26)32-21(4)5/h8-9,12,14-16,19,21H,7,10-11,13,17-18H2,1-6H3. The van der Waals surface area contributed by atoms with E-state index in [9.17, 15) is 4.79 Å². The Balaban J connectivity index is 2.20. The molecule has 0 spiro atoms. The van der Waals surface area contributed by atoms with E-state index in [2.05, 4.69) is 52.0 Å². The highest BCUT2D eigenvalue weighted by molar-refractivity contribution is 5.86. The Morgan fingerprint density at radius 2 is 1.82 bits per heavy atom. The molecular weight excluding hydrogens is 416 g/mol. The van der Waals surface area contributed by atoms with E-state index >= 15 is 0 Å². The van der Waals surface area contributed by atoms with E-state index in [4.69, 9.17) is 18.6 Å². The molecule has 0 N–H and O–H groups in total. The first-order valence-corrected chi connectivity index (χ1v) is 11.8. The molecule has 1 aromatic carbocycles. The van der Waals surface area contributed by atoms with E-state index < -0.39 is 5.63 Å². The summed E-state index contributed by atoms with van der Waals surface area (Å²) in [7, 11) is 0. The largest absolute Gasteiger partial charge is 0.489 e. The van der Waals surface area contributed by atoms with Gasteiger partial charge in [0, 0.05) is 6.07 Å². The lowest BCUT2D eigenvalue weighted by atomic mass is 10.1. The first kappa shape index (κ1) is 26.3. The molecule has 5 nitrogen and oxygen atoms in total. The fraction of sp³-hybridized carbons (Fsp3) is 0.464. The summed E-state index contributed by atoms with van der Waals surface area (Å²) < 4.78 is 23.2. The van der Waals surface area contributed by atoms with Crippen molar-refractivity contribution in [1.29, 1.82) is 0 Å². The Labute approximate surface area is 197 Å². The Kier molecular flexibility index (Phi) is 10.8. The van der Waals surface area contributed by atoms with Crippen LogP contribution in [0.25, 0.3) is 11.0 Å². The number of allylic oxidation sites excluding steroid dienone is 4. The van der Waals surface area contributed by atoms with Crippen LogP contribution in [0.1, 0.15) is 67.2 Å². The fourth-order valence-electron chi connectivity index (χ4n) is 3.19. The minimum atomic E-state index is -0.553. The van der Waals surface area contributed by atoms with Crippen molar-refractivity contribution in [3.05, 3.63) is 64.1 Å². The molecule has 180 valence electrons. The van der Waals surface area contributed by atoms with Crippen molar-refractivity contribution in [3.8, 4) is 17.2 Å². The van der Waals surface area contributed by atoms with Gasteiger partial charge in [-0.05, 0) is 78.5 Å². The maximum atomic E-state index is 12.6. The van der Waals surface area contributed by atoms with Gasteiger partial charge >= 0.3 is 5.63 Å². The summed E-state index contributed by atoms with van der Waals surface area (Å²) in [4.78, 5) is 12.6. The van der Waals surface area contributed by atoms with Crippen LogP contribution in [-0.2, 0) is 0 Å². The van der Waals surface area contributed by atoms with Crippen molar-refractivity contribution in [2.75, 3.05) is 13.2 Å². The van der Waals surface area contributed by atoms with Gasteiger partial charge in [0.15, 0.2) is 5.75 Å². The van der Waals surface area contributed by atoms with Gasteiger partial charge in [-0.3, -0.25) is 0 Å². The molecule has 1 aromatic heterocycles. The molecule has 0 aliphatic rings. The van der Waals surface area contributed by atoms with E-state index in [1.807, 2.05) is 26.0 Å². The molecule has 0 saturated heterocycles. The Bertz CT molecular complexity index is 1040. The van der Waals surface area contributed by atoms with E-state index in [1.165, 1.54) is 11.1 Å². The predicted molar refractivity (Wildman–Crippen MR) is 136 cm³/mol. The van der Waals surface area contributed by atoms with Crippen LogP contribution >= 0.6 is 0 Å². The molecule has 0 aliphatic heterocycles. The molecule has 0 saturated carbocycles. The Morgan fingerprint density at radius 3 is 2.52 bits per heavy atom. The van der Waals surface area contributed by atoms with Crippen LogP contribution in [-0.4, -0.2) is 19.3 Å². The zero-order chi connectivity index (χ0) is 24.2. The average Bonchev–Trinajstić information content (AvgIpc) is 2.74. The van der Waals surface area contributed by atoms with Crippen molar-refractivity contribution < 1.29 is 18.6 Å². The van der Waals surface area contributed by atoms with Gasteiger partial charge in [-0.2, -0.15) is 0 Å². The molecule has 2 aromatic rings. The normalized spacial score (nSPS) is 11.9. The topological polar surface area (TPSA) is 57.9 Å². The zero-order valence-corrected chi connectivity index (χ0v) is 20.9. The van der Waals surface area contributed by atoms with Gasteiger partial charge in [-0.15, -0.1) is 0 Å². The summed E-state index contributed by atoms with van der Waals surface area (Å²) in [6.45, 7) is 13.0. The molecule has 0 radical (unpaired) electrons. The summed E-state index contributed by atoms with van der Waals surface area (Å²) in [6, 6.07) is 5.44. The molecule has 0 amide bonds. The van der Waals surface area contributed by atoms with Gasteiger partial charge in [-0.25, -0.2) is 4.79 Å². The summed E-state index contributed by atoms with van der Waals surface area (Å²) in [5.41, 5.74) is 2.47. The SMILES string of the molecule is CCC=CCCOc1c(OC(C)C)c(=O)oc2cc(OCC=C(C)CCC=C(C)C)ccc12. The van der Waals surface area contributed by atoms with Gasteiger partial charge < -0.3 is 18.6 Å². The zero-order valence-electron chi connectivity index (χ0n) is 20.9. The molecule has 33 heavy (non-hydrogen) atoms. The third kappa shape index (κ3) is 8.83. The maximum Gasteiger partial charge on any atom is 0.383 e. The third-order valence-electron chi connectivity index (χ3n) is 4.85. The van der Waals surface area contributed by atoms with Crippen LogP contribution in [0.15, 0.2) is 62.9 Å². The van der Waals surface area contributed by atoms with Crippen molar-refractivity contribution in [2.24, 2.45) is 0 Å². The van der Waals surface area contributed by atoms with Crippen molar-refractivity contribution in [1.82, 2.24) is 0 Å². The molecular formula is C28H38O5. The van der Waals surface area contributed by atoms with Gasteiger partial charge in [-0.1, -0.05) is 36.3 Å². The second kappa shape index (κ2) is 13.6. The van der Waals surface area contributed by atoms with Crippen LogP contribution in [0.4, 0.5) is 0 Å². The molecule has 0 fully saturated rings. The summed E-state index contributed by atoms with van der Waals surface area (Å²) >= 11 is 0. The Morgan fingerprint density at radius 1 is 1.03 bits per heavy atom. The van der Waals surface area contributed by atoms with E-state index in [0.717, 1.165) is 25.7 Å². The van der Waals surface area contributed by atoms with Gasteiger partial charge in [0.25, 0.3) is 0 Å². The fourth-order valence-corrected chi connectivity index (χ4v) is 3.19. The molecule has 0 atom stereocenters. The van der Waals surface area contributed by atoms with E-state index in [0.29, 0.717) is 35.7 Å². The number of benzene rings is 1. The van der Waals surface area contributed by atoms with Crippen molar-refractivity contribution in [3.63, 3.8) is 0 Å². The second-order valence-electron chi connectivity index (χ2n) is 8.57. The third-order valence-corrected chi connectivity index (χ3v) is 4.85. The Hall–Kier alpha value is -2.95. The number of ether oxygens (including phenoxy) is 3. The van der Waals surface area contributed by atoms with Crippen molar-refractivity contribution in [2.45, 2.75) is 73.3 Å². The van der Waals surface area contributed by atoms with Crippen LogP contribution in [0.3, 0.4) is 0 Å². The minimum Gasteiger partial charge on any atom is -0.489 e. The second-order valence-corrected chi connectivity index (χ2v) is 8.57. The minimum absolute atomic E-state index is 0.112. The van der Waals surface area contributed by atoms with E-state index in [1.54, 1.807) is 6.07 Å². The van der Waals surface area contributed by atoms with Gasteiger partial charge in [0.05, 0.1) is 18.1 Å². The predicted octanol–water partition coefficient (Wildman–Crippen LogP) is 7.39. The lowest BCUT2D eigenvalue weighted by molar-refractivity contribution is 0.213. The van der Waals surface area contributed by atoms with Crippen LogP contribution in [0, 0.1) is 0 Å². The molecule has 0 aliphatic carbocycles. The highest BCUT2D eigenvalue weighted by Crippen LogP contribution is 2.35. The summed E-state index contributed by atoms with van der Waals surface area (Å²) in [5.74, 6) is 1.16. The maximum absolute atomic E-state index is 12.6. The van der Waals surface area contributed by atoms with Crippen LogP contribution in [0.5, 0.6) is 17.2 Å². The molecule has 2 rings (SSSR count). The number of hydrogen-bond acceptors (Lipinski definition) is 5. The summed E-state index contributed by atoms with van der Waals surface area (Å²) in [6.07, 6.45) is 12.1. The van der Waals surface area contributed by atoms with Gasteiger partial charge in [0.2, 0.25) is 5.75 Å². The van der Waals surface area contributed by atoms with Crippen LogP contribution in [0.2, 0.25) is 0 Å². The highest BCUT2D eigenvalue weighted by Gasteiger charge is 2.19. The highest BCUT2D eigenvalue weighted by atomic mass is 16.5. The quantitative estimate of drug-likeness (QED) is 0.179. The number of hydrogen-bond donors (Lipinski definition) is 0. The smallest absolute Gasteiger partial charge is 0.383 e. The number of fused-ring (bicyclic) bond motifs is 1. The molecule has 0 unspecified atom stereocenters. The first-order valence-electron chi connectivity index (χ1n) is 11.8. The summed E-state index contributed by atoms with van der Waals surface area (Å²) in [5, 5.41) is 0.686. The first-order chi connectivity index (χ1) is 15.8. The monoisotopic (exact) mass is 454 g/mol. The molecule has 5 heteroatoms. The van der Waals surface area contributed by atoms with Gasteiger partial charge in [0.1, 0.15) is 17.9 Å². The van der Waals surface area contributed by atoms with Crippen LogP contribution < -0.4 is 19.8 Å². The number of rotatable bonds is 13. The van der Waals surface area contributed by atoms with E-state index in [-0.39, 0.29) is 11.9 Å². The molecule has 0 bridgehead atoms. The lowest BCUT2D eigenvalue weighted by Gasteiger charge is -2.15. The average molecular weight is 455 g/mol.